The van der Waals surface area contributed by atoms with Gasteiger partial charge >= 0.3 is 0 Å². The Bertz CT molecular complexity index is 336. The average molecular weight is 336 g/mol. The van der Waals surface area contributed by atoms with Crippen LogP contribution in [0.5, 0.6) is 0 Å². The van der Waals surface area contributed by atoms with Gasteiger partial charge in [0.1, 0.15) is 0 Å². The van der Waals surface area contributed by atoms with Gasteiger partial charge in [0.05, 0.1) is 12.4 Å². The topological polar surface area (TPSA) is 41.6 Å². The van der Waals surface area contributed by atoms with E-state index in [1.807, 2.05) is 0 Å². The smallest absolute Gasteiger partial charge is 0.0990 e. The lowest BCUT2D eigenvalue weighted by Gasteiger charge is -2.18. The maximum Gasteiger partial charge on any atom is 0.0990 e. The monoisotopic (exact) mass is 335 g/mol. The number of aliphatic imine (C=N–C) groups is 1. The van der Waals surface area contributed by atoms with Crippen molar-refractivity contribution in [3.05, 3.63) is 12.2 Å². The Morgan fingerprint density at radius 2 is 1.54 bits per heavy atom. The Morgan fingerprint density at radius 1 is 0.917 bits per heavy atom. The molecule has 0 aromatic heterocycles. The zero-order chi connectivity index (χ0) is 17.3. The number of amidine groups is 1. The van der Waals surface area contributed by atoms with E-state index in [0.29, 0.717) is 0 Å². The third kappa shape index (κ3) is 10.9. The van der Waals surface area contributed by atoms with Gasteiger partial charge < -0.3 is 10.6 Å². The first-order valence-corrected chi connectivity index (χ1v) is 10.5. The minimum absolute atomic E-state index is 0.734. The van der Waals surface area contributed by atoms with Crippen LogP contribution in [0.15, 0.2) is 17.1 Å². The predicted octanol–water partition coefficient (Wildman–Crippen LogP) is 5.31. The van der Waals surface area contributed by atoms with E-state index in [0.717, 1.165) is 32.6 Å². The van der Waals surface area contributed by atoms with Crippen molar-refractivity contribution >= 4 is 5.84 Å². The number of nitrogens with two attached hydrogens (primary N) is 1. The second-order valence-electron chi connectivity index (χ2n) is 7.05. The molecule has 2 N–H and O–H groups in total. The minimum atomic E-state index is 0.734. The third-order valence-corrected chi connectivity index (χ3v) is 4.84. The third-order valence-electron chi connectivity index (χ3n) is 4.84. The molecule has 140 valence electrons. The Balaban J connectivity index is 1.85. The van der Waals surface area contributed by atoms with E-state index in [9.17, 15) is 0 Å². The molecule has 0 saturated heterocycles. The minimum Gasteiger partial charge on any atom is -0.357 e. The summed E-state index contributed by atoms with van der Waals surface area (Å²) in [6.45, 7) is 6.02. The summed E-state index contributed by atoms with van der Waals surface area (Å²) in [7, 11) is 0. The van der Waals surface area contributed by atoms with Gasteiger partial charge in [-0.2, -0.15) is 0 Å². The van der Waals surface area contributed by atoms with Crippen molar-refractivity contribution in [2.45, 2.75) is 90.4 Å². The number of unbranched alkanes of at least 4 members (excludes halogenated alkanes) is 10. The molecular formula is C21H41N3. The van der Waals surface area contributed by atoms with Gasteiger partial charge in [-0.15, -0.1) is 0 Å². The van der Waals surface area contributed by atoms with Crippen LogP contribution < -0.4 is 5.73 Å². The van der Waals surface area contributed by atoms with Crippen LogP contribution in [0, 0.1) is 0 Å². The summed E-state index contributed by atoms with van der Waals surface area (Å²) in [5, 5.41) is 0. The fourth-order valence-corrected chi connectivity index (χ4v) is 3.35. The molecule has 0 saturated carbocycles. The molecule has 0 aliphatic carbocycles. The van der Waals surface area contributed by atoms with Crippen LogP contribution in [0.2, 0.25) is 0 Å². The largest absolute Gasteiger partial charge is 0.357 e. The van der Waals surface area contributed by atoms with E-state index in [4.69, 9.17) is 5.73 Å². The van der Waals surface area contributed by atoms with Gasteiger partial charge in [-0.3, -0.25) is 4.99 Å². The van der Waals surface area contributed by atoms with Crippen LogP contribution >= 0.6 is 0 Å². The van der Waals surface area contributed by atoms with E-state index < -0.39 is 0 Å². The quantitative estimate of drug-likeness (QED) is 0.307. The molecule has 0 radical (unpaired) electrons. The van der Waals surface area contributed by atoms with Gasteiger partial charge in [-0.05, 0) is 25.7 Å². The lowest BCUT2D eigenvalue weighted by atomic mass is 10.1. The average Bonchev–Trinajstić information content (AvgIpc) is 3.03. The molecule has 3 nitrogen and oxygen atoms in total. The Labute approximate surface area is 150 Å². The normalized spacial score (nSPS) is 14.8. The molecule has 0 bridgehead atoms. The molecule has 1 heterocycles. The molecular weight excluding hydrogens is 294 g/mol. The highest BCUT2D eigenvalue weighted by atomic mass is 15.2. The van der Waals surface area contributed by atoms with Gasteiger partial charge in [-0.1, -0.05) is 70.4 Å². The van der Waals surface area contributed by atoms with E-state index in [1.54, 1.807) is 0 Å². The first-order chi connectivity index (χ1) is 11.9. The number of allylic oxidation sites excluding steroid dienone is 2. The molecule has 0 amide bonds. The van der Waals surface area contributed by atoms with Crippen molar-refractivity contribution in [3.63, 3.8) is 0 Å². The molecule has 0 fully saturated rings. The van der Waals surface area contributed by atoms with E-state index in [1.165, 1.54) is 82.9 Å². The van der Waals surface area contributed by atoms with E-state index >= 15 is 0 Å². The lowest BCUT2D eigenvalue weighted by molar-refractivity contribution is 0.458. The van der Waals surface area contributed by atoms with Crippen LogP contribution in [-0.4, -0.2) is 36.9 Å². The number of nitrogens with zero attached hydrogens (tertiary/aromatic N) is 2. The molecule has 0 spiro atoms. The highest BCUT2D eigenvalue weighted by Crippen LogP contribution is 2.11. The first-order valence-electron chi connectivity index (χ1n) is 10.5. The van der Waals surface area contributed by atoms with Crippen molar-refractivity contribution in [3.8, 4) is 0 Å². The molecule has 1 aliphatic heterocycles. The van der Waals surface area contributed by atoms with Crippen LogP contribution in [0.4, 0.5) is 0 Å². The zero-order valence-corrected chi connectivity index (χ0v) is 16.1. The molecule has 0 atom stereocenters. The SMILES string of the molecule is CCCCCCCCCCC/C=C/CCCC1=NCCN1CCN. The molecule has 24 heavy (non-hydrogen) atoms. The first kappa shape index (κ1) is 21.2. The molecule has 0 aromatic rings. The number of rotatable bonds is 16. The molecule has 1 rings (SSSR count). The van der Waals surface area contributed by atoms with Crippen molar-refractivity contribution < 1.29 is 0 Å². The standard InChI is InChI=1S/C21H41N3/c1-2-3-4-5-6-7-8-9-10-11-12-13-14-15-16-21-23-18-20-24(21)19-17-22/h12-13H,2-11,14-20,22H2,1H3/b13-12+. The van der Waals surface area contributed by atoms with Crippen molar-refractivity contribution in [1.82, 2.24) is 4.90 Å². The van der Waals surface area contributed by atoms with Gasteiger partial charge in [0.2, 0.25) is 0 Å². The fraction of sp³-hybridized carbons (Fsp3) is 0.857. The van der Waals surface area contributed by atoms with Gasteiger partial charge in [-0.25, -0.2) is 0 Å². The van der Waals surface area contributed by atoms with Crippen LogP contribution in [0.3, 0.4) is 0 Å². The Hall–Kier alpha value is -0.830. The summed E-state index contributed by atoms with van der Waals surface area (Å²) in [4.78, 5) is 6.95. The summed E-state index contributed by atoms with van der Waals surface area (Å²) < 4.78 is 0. The van der Waals surface area contributed by atoms with Crippen LogP contribution in [0.25, 0.3) is 0 Å². The Morgan fingerprint density at radius 3 is 2.21 bits per heavy atom. The fourth-order valence-electron chi connectivity index (χ4n) is 3.35. The molecule has 0 unspecified atom stereocenters. The number of hydrogen-bond donors (Lipinski definition) is 1. The second-order valence-corrected chi connectivity index (χ2v) is 7.05. The van der Waals surface area contributed by atoms with Gasteiger partial charge in [0.15, 0.2) is 0 Å². The van der Waals surface area contributed by atoms with Crippen LogP contribution in [0.1, 0.15) is 90.4 Å². The van der Waals surface area contributed by atoms with Crippen LogP contribution in [-0.2, 0) is 0 Å². The van der Waals surface area contributed by atoms with Crippen molar-refractivity contribution in [1.29, 1.82) is 0 Å². The number of hydrogen-bond acceptors (Lipinski definition) is 3. The summed E-state index contributed by atoms with van der Waals surface area (Å²) >= 11 is 0. The van der Waals surface area contributed by atoms with Gasteiger partial charge in [0, 0.05) is 26.1 Å². The van der Waals surface area contributed by atoms with Gasteiger partial charge in [0.25, 0.3) is 0 Å². The summed E-state index contributed by atoms with van der Waals surface area (Å²) in [5.41, 5.74) is 5.64. The Kier molecular flexibility index (Phi) is 13.9. The predicted molar refractivity (Wildman–Crippen MR) is 108 cm³/mol. The van der Waals surface area contributed by atoms with E-state index in [-0.39, 0.29) is 0 Å². The summed E-state index contributed by atoms with van der Waals surface area (Å²) in [5.74, 6) is 1.28. The maximum atomic E-state index is 5.64. The molecule has 3 heteroatoms. The molecule has 0 aromatic carbocycles. The lowest BCUT2D eigenvalue weighted by Crippen LogP contribution is -2.32. The highest BCUT2D eigenvalue weighted by Gasteiger charge is 2.14. The summed E-state index contributed by atoms with van der Waals surface area (Å²) in [6.07, 6.45) is 22.3. The van der Waals surface area contributed by atoms with E-state index in [2.05, 4.69) is 29.0 Å². The summed E-state index contributed by atoms with van der Waals surface area (Å²) in [6, 6.07) is 0. The van der Waals surface area contributed by atoms with Crippen molar-refractivity contribution in [2.24, 2.45) is 10.7 Å². The maximum absolute atomic E-state index is 5.64. The van der Waals surface area contributed by atoms with Crippen molar-refractivity contribution in [2.75, 3.05) is 26.2 Å². The molecule has 1 aliphatic rings. The second kappa shape index (κ2) is 15.7. The highest BCUT2D eigenvalue weighted by molar-refractivity contribution is 5.83. The zero-order valence-electron chi connectivity index (χ0n) is 16.1.